The van der Waals surface area contributed by atoms with Crippen molar-refractivity contribution in [3.8, 4) is 0 Å². The van der Waals surface area contributed by atoms with Gasteiger partial charge in [0, 0.05) is 27.1 Å². The number of fused-ring (bicyclic) bond motifs is 1. The fourth-order valence-corrected chi connectivity index (χ4v) is 3.29. The molecule has 0 unspecified atom stereocenters. The lowest BCUT2D eigenvalue weighted by atomic mass is 10.0. The maximum absolute atomic E-state index is 12.6. The second-order valence-corrected chi connectivity index (χ2v) is 7.33. The van der Waals surface area contributed by atoms with Crippen LogP contribution in [0, 0.1) is 0 Å². The molecule has 0 radical (unpaired) electrons. The summed E-state index contributed by atoms with van der Waals surface area (Å²) in [5.41, 5.74) is 2.65. The van der Waals surface area contributed by atoms with E-state index in [0.717, 1.165) is 14.5 Å². The van der Waals surface area contributed by atoms with Gasteiger partial charge in [-0.1, -0.05) is 6.07 Å². The Hall–Kier alpha value is -2.06. The summed E-state index contributed by atoms with van der Waals surface area (Å²) >= 11 is 6.95. The number of benzodiazepines with no additional fused rings is 1. The smallest absolute Gasteiger partial charge is 0.305 e. The maximum Gasteiger partial charge on any atom is 0.305 e. The van der Waals surface area contributed by atoms with Gasteiger partial charge >= 0.3 is 5.97 Å². The first kappa shape index (κ1) is 18.7. The molecule has 0 bridgehead atoms. The standard InChI is InChI=1S/C18H15Br2N3O3/c1-26-16(24)6-5-14-18(25)23-15-9-12(20)11(19)8-10(15)17(22-14)13-4-2-3-7-21-13/h2-4,7-9,14H,5-6H2,1H3,(H,23,25)/t14-/m0/s1. The number of hydrogen-bond donors (Lipinski definition) is 1. The van der Waals surface area contributed by atoms with Crippen LogP contribution in [-0.4, -0.2) is 35.7 Å². The van der Waals surface area contributed by atoms with Crippen molar-refractivity contribution in [2.45, 2.75) is 18.9 Å². The van der Waals surface area contributed by atoms with Gasteiger partial charge in [-0.05, 0) is 62.5 Å². The van der Waals surface area contributed by atoms with Crippen LogP contribution >= 0.6 is 31.9 Å². The molecule has 1 aliphatic rings. The van der Waals surface area contributed by atoms with Gasteiger partial charge in [0.05, 0.1) is 24.2 Å². The van der Waals surface area contributed by atoms with Gasteiger partial charge in [0.2, 0.25) is 5.91 Å². The number of hydrogen-bond acceptors (Lipinski definition) is 5. The van der Waals surface area contributed by atoms with E-state index >= 15 is 0 Å². The third kappa shape index (κ3) is 4.02. The molecule has 0 saturated heterocycles. The number of nitrogens with one attached hydrogen (secondary N) is 1. The molecule has 1 aliphatic heterocycles. The van der Waals surface area contributed by atoms with E-state index < -0.39 is 6.04 Å². The van der Waals surface area contributed by atoms with Crippen LogP contribution in [0.2, 0.25) is 0 Å². The van der Waals surface area contributed by atoms with E-state index in [0.29, 0.717) is 17.1 Å². The van der Waals surface area contributed by atoms with Crippen molar-refractivity contribution in [3.05, 3.63) is 56.7 Å². The largest absolute Gasteiger partial charge is 0.469 e. The molecule has 1 aromatic heterocycles. The first-order chi connectivity index (χ1) is 12.5. The Balaban J connectivity index is 2.09. The molecule has 6 nitrogen and oxygen atoms in total. The number of anilines is 1. The summed E-state index contributed by atoms with van der Waals surface area (Å²) in [7, 11) is 1.32. The Morgan fingerprint density at radius 2 is 2.04 bits per heavy atom. The zero-order valence-electron chi connectivity index (χ0n) is 13.8. The highest BCUT2D eigenvalue weighted by Gasteiger charge is 2.27. The molecule has 0 saturated carbocycles. The van der Waals surface area contributed by atoms with Crippen LogP contribution in [0.4, 0.5) is 5.69 Å². The molecule has 2 aromatic rings. The molecular formula is C18H15Br2N3O3. The van der Waals surface area contributed by atoms with Gasteiger partial charge in [0.15, 0.2) is 0 Å². The van der Waals surface area contributed by atoms with Crippen LogP contribution in [0.1, 0.15) is 24.1 Å². The minimum atomic E-state index is -0.712. The number of amides is 1. The van der Waals surface area contributed by atoms with Crippen molar-refractivity contribution in [1.82, 2.24) is 4.98 Å². The zero-order valence-corrected chi connectivity index (χ0v) is 17.0. The van der Waals surface area contributed by atoms with Crippen molar-refractivity contribution < 1.29 is 14.3 Å². The van der Waals surface area contributed by atoms with E-state index in [9.17, 15) is 9.59 Å². The molecule has 26 heavy (non-hydrogen) atoms. The van der Waals surface area contributed by atoms with Gasteiger partial charge in [0.1, 0.15) is 6.04 Å². The third-order valence-corrected chi connectivity index (χ3v) is 5.76. The van der Waals surface area contributed by atoms with Crippen molar-refractivity contribution in [1.29, 1.82) is 0 Å². The maximum atomic E-state index is 12.6. The number of benzene rings is 1. The molecule has 2 heterocycles. The topological polar surface area (TPSA) is 80.7 Å². The molecule has 1 N–H and O–H groups in total. The van der Waals surface area contributed by atoms with Gasteiger partial charge in [0.25, 0.3) is 0 Å². The van der Waals surface area contributed by atoms with Gasteiger partial charge in [-0.15, -0.1) is 0 Å². The number of methoxy groups -OCH3 is 1. The molecule has 1 atom stereocenters. The summed E-state index contributed by atoms with van der Waals surface area (Å²) in [5.74, 6) is -0.644. The van der Waals surface area contributed by atoms with Crippen molar-refractivity contribution >= 4 is 55.1 Å². The highest BCUT2D eigenvalue weighted by molar-refractivity contribution is 9.13. The zero-order chi connectivity index (χ0) is 18.7. The Labute approximate surface area is 167 Å². The quantitative estimate of drug-likeness (QED) is 0.676. The number of carbonyl (C=O) groups is 2. The van der Waals surface area contributed by atoms with Crippen LogP contribution in [-0.2, 0) is 14.3 Å². The Morgan fingerprint density at radius 1 is 1.27 bits per heavy atom. The summed E-state index contributed by atoms with van der Waals surface area (Å²) in [6, 6.07) is 8.51. The predicted octanol–water partition coefficient (Wildman–Crippen LogP) is 3.72. The molecule has 0 aliphatic carbocycles. The number of halogens is 2. The summed E-state index contributed by atoms with van der Waals surface area (Å²) in [6.45, 7) is 0. The van der Waals surface area contributed by atoms with Gasteiger partial charge in [-0.25, -0.2) is 0 Å². The summed E-state index contributed by atoms with van der Waals surface area (Å²) in [4.78, 5) is 33.1. The molecule has 0 fully saturated rings. The first-order valence-electron chi connectivity index (χ1n) is 7.86. The predicted molar refractivity (Wildman–Crippen MR) is 105 cm³/mol. The number of aromatic nitrogens is 1. The lowest BCUT2D eigenvalue weighted by Crippen LogP contribution is -2.26. The lowest BCUT2D eigenvalue weighted by molar-refractivity contribution is -0.140. The average molecular weight is 481 g/mol. The van der Waals surface area contributed by atoms with E-state index in [-0.39, 0.29) is 24.7 Å². The lowest BCUT2D eigenvalue weighted by Gasteiger charge is -2.11. The molecule has 134 valence electrons. The average Bonchev–Trinajstić information content (AvgIpc) is 2.77. The normalized spacial score (nSPS) is 16.2. The SMILES string of the molecule is COC(=O)CC[C@@H]1N=C(c2ccccn2)c2cc(Br)c(Br)cc2NC1=O. The van der Waals surface area contributed by atoms with Crippen LogP contribution in [0.15, 0.2) is 50.5 Å². The minimum absolute atomic E-state index is 0.108. The van der Waals surface area contributed by atoms with Gasteiger partial charge < -0.3 is 10.1 Å². The highest BCUT2D eigenvalue weighted by atomic mass is 79.9. The van der Waals surface area contributed by atoms with Crippen molar-refractivity contribution in [2.24, 2.45) is 4.99 Å². The Kier molecular flexibility index (Phi) is 5.83. The van der Waals surface area contributed by atoms with Crippen LogP contribution < -0.4 is 5.32 Å². The van der Waals surface area contributed by atoms with Crippen LogP contribution in [0.3, 0.4) is 0 Å². The Bertz CT molecular complexity index is 885. The first-order valence-corrected chi connectivity index (χ1v) is 9.44. The van der Waals surface area contributed by atoms with Crippen molar-refractivity contribution in [2.75, 3.05) is 12.4 Å². The van der Waals surface area contributed by atoms with E-state index in [1.807, 2.05) is 30.3 Å². The molecule has 8 heteroatoms. The summed E-state index contributed by atoms with van der Waals surface area (Å²) < 4.78 is 6.31. The third-order valence-electron chi connectivity index (χ3n) is 3.92. The number of nitrogens with zero attached hydrogens (tertiary/aromatic N) is 2. The van der Waals surface area contributed by atoms with Gasteiger partial charge in [-0.3, -0.25) is 19.6 Å². The van der Waals surface area contributed by atoms with Gasteiger partial charge in [-0.2, -0.15) is 0 Å². The molecular weight excluding hydrogens is 466 g/mol. The molecule has 1 amide bonds. The summed E-state index contributed by atoms with van der Waals surface area (Å²) in [5, 5.41) is 2.90. The monoisotopic (exact) mass is 479 g/mol. The summed E-state index contributed by atoms with van der Waals surface area (Å²) in [6.07, 6.45) is 2.04. The minimum Gasteiger partial charge on any atom is -0.469 e. The fourth-order valence-electron chi connectivity index (χ4n) is 2.61. The number of esters is 1. The van der Waals surface area contributed by atoms with E-state index in [4.69, 9.17) is 0 Å². The van der Waals surface area contributed by atoms with E-state index in [1.165, 1.54) is 7.11 Å². The molecule has 1 aromatic carbocycles. The molecule has 0 spiro atoms. The number of carbonyl (C=O) groups excluding carboxylic acids is 2. The van der Waals surface area contributed by atoms with E-state index in [2.05, 4.69) is 51.9 Å². The van der Waals surface area contributed by atoms with E-state index in [1.54, 1.807) is 6.20 Å². The number of pyridine rings is 1. The Morgan fingerprint density at radius 3 is 2.73 bits per heavy atom. The molecule has 3 rings (SSSR count). The second kappa shape index (κ2) is 8.09. The van der Waals surface area contributed by atoms with Crippen LogP contribution in [0.25, 0.3) is 0 Å². The number of aliphatic imine (C=N–C) groups is 1. The van der Waals surface area contributed by atoms with Crippen LogP contribution in [0.5, 0.6) is 0 Å². The number of rotatable bonds is 4. The fraction of sp³-hybridized carbons (Fsp3) is 0.222. The van der Waals surface area contributed by atoms with Crippen molar-refractivity contribution in [3.63, 3.8) is 0 Å². The number of ether oxygens (including phenoxy) is 1. The second-order valence-electron chi connectivity index (χ2n) is 5.62. The highest BCUT2D eigenvalue weighted by Crippen LogP contribution is 2.33.